The van der Waals surface area contributed by atoms with Gasteiger partial charge in [0.05, 0.1) is 5.56 Å². The lowest BCUT2D eigenvalue weighted by atomic mass is 10.3. The second-order valence-electron chi connectivity index (χ2n) is 1.75. The fourth-order valence-electron chi connectivity index (χ4n) is 0.572. The van der Waals surface area contributed by atoms with Gasteiger partial charge < -0.3 is 0 Å². The molecule has 2 nitrogen and oxygen atoms in total. The molecule has 0 saturated carbocycles. The second-order valence-corrected chi connectivity index (χ2v) is 3.30. The van der Waals surface area contributed by atoms with Crippen molar-refractivity contribution in [3.63, 3.8) is 0 Å². The van der Waals surface area contributed by atoms with E-state index in [-0.39, 0.29) is 10.7 Å². The summed E-state index contributed by atoms with van der Waals surface area (Å²) in [5.41, 5.74) is -0.0463. The summed E-state index contributed by atoms with van der Waals surface area (Å²) in [5.74, 6) is -0.822. The molecule has 0 atom stereocenters. The highest BCUT2D eigenvalue weighted by Gasteiger charge is 2.08. The Morgan fingerprint density at radius 2 is 2.36 bits per heavy atom. The number of hydrogen-bond acceptors (Lipinski definition) is 2. The zero-order valence-electron chi connectivity index (χ0n) is 5.14. The maximum Gasteiger partial charge on any atom is 0.225 e. The van der Waals surface area contributed by atoms with Crippen molar-refractivity contribution in [1.82, 2.24) is 4.98 Å². The molecule has 0 saturated heterocycles. The van der Waals surface area contributed by atoms with Crippen LogP contribution in [0.15, 0.2) is 6.07 Å². The minimum Gasteiger partial charge on any atom is -0.298 e. The van der Waals surface area contributed by atoms with Crippen molar-refractivity contribution in [2.24, 2.45) is 0 Å². The number of carbonyl (C=O) groups is 1. The van der Waals surface area contributed by atoms with Crippen LogP contribution in [0.4, 0.5) is 4.39 Å². The molecule has 1 aromatic rings. The third-order valence-corrected chi connectivity index (χ3v) is 2.13. The number of pyridine rings is 1. The molecule has 0 spiro atoms. The Morgan fingerprint density at radius 1 is 1.73 bits per heavy atom. The lowest BCUT2D eigenvalue weighted by molar-refractivity contribution is 0.111. The molecule has 1 rings (SSSR count). The monoisotopic (exact) mass is 285 g/mol. The van der Waals surface area contributed by atoms with Crippen LogP contribution in [0.5, 0.6) is 0 Å². The quantitative estimate of drug-likeness (QED) is 0.450. The first-order valence-electron chi connectivity index (χ1n) is 2.62. The largest absolute Gasteiger partial charge is 0.298 e. The minimum absolute atomic E-state index is 0.0463. The Balaban J connectivity index is 3.36. The van der Waals surface area contributed by atoms with Crippen LogP contribution in [0.3, 0.4) is 0 Å². The van der Waals surface area contributed by atoms with Crippen molar-refractivity contribution in [3.8, 4) is 0 Å². The van der Waals surface area contributed by atoms with E-state index in [1.807, 2.05) is 22.6 Å². The zero-order valence-corrected chi connectivity index (χ0v) is 8.06. The molecule has 0 amide bonds. The summed E-state index contributed by atoms with van der Waals surface area (Å²) in [6.45, 7) is 0. The van der Waals surface area contributed by atoms with E-state index in [0.717, 1.165) is 0 Å². The molecule has 0 fully saturated rings. The normalized spacial score (nSPS) is 9.73. The van der Waals surface area contributed by atoms with Crippen LogP contribution in [0.1, 0.15) is 10.4 Å². The summed E-state index contributed by atoms with van der Waals surface area (Å²) in [7, 11) is 0. The summed E-state index contributed by atoms with van der Waals surface area (Å²) in [5, 5.41) is 0.0532. The molecule has 0 bridgehead atoms. The van der Waals surface area contributed by atoms with E-state index >= 15 is 0 Å². The van der Waals surface area contributed by atoms with Crippen LogP contribution in [0.2, 0.25) is 5.15 Å². The van der Waals surface area contributed by atoms with Gasteiger partial charge in [0.15, 0.2) is 6.29 Å². The number of carbonyl (C=O) groups excluding carboxylic acids is 1. The average Bonchev–Trinajstić information content (AvgIpc) is 1.85. The number of hydrogen-bond donors (Lipinski definition) is 0. The molecular weight excluding hydrogens is 283 g/mol. The lowest BCUT2D eigenvalue weighted by Gasteiger charge is -1.96. The van der Waals surface area contributed by atoms with Gasteiger partial charge in [0, 0.05) is 3.57 Å². The smallest absolute Gasteiger partial charge is 0.225 e. The molecule has 0 aromatic carbocycles. The van der Waals surface area contributed by atoms with E-state index < -0.39 is 5.95 Å². The molecule has 1 aromatic heterocycles. The maximum absolute atomic E-state index is 12.7. The average molecular weight is 285 g/mol. The molecule has 0 aliphatic carbocycles. The van der Waals surface area contributed by atoms with Gasteiger partial charge in [-0.1, -0.05) is 11.6 Å². The highest BCUT2D eigenvalue weighted by molar-refractivity contribution is 14.1. The van der Waals surface area contributed by atoms with Crippen LogP contribution in [-0.4, -0.2) is 11.3 Å². The number of aldehydes is 1. The number of nitrogens with zero attached hydrogens (tertiary/aromatic N) is 1. The molecule has 0 aliphatic rings. The summed E-state index contributed by atoms with van der Waals surface area (Å²) >= 11 is 7.22. The van der Waals surface area contributed by atoms with Crippen LogP contribution < -0.4 is 0 Å². The van der Waals surface area contributed by atoms with Crippen molar-refractivity contribution in [1.29, 1.82) is 0 Å². The fourth-order valence-corrected chi connectivity index (χ4v) is 1.58. The summed E-state index contributed by atoms with van der Waals surface area (Å²) in [4.78, 5) is 13.5. The summed E-state index contributed by atoms with van der Waals surface area (Å²) < 4.78 is 13.1. The number of halogens is 3. The van der Waals surface area contributed by atoms with Gasteiger partial charge in [-0.3, -0.25) is 4.79 Å². The van der Waals surface area contributed by atoms with Crippen molar-refractivity contribution >= 4 is 40.5 Å². The highest BCUT2D eigenvalue weighted by Crippen LogP contribution is 2.16. The summed E-state index contributed by atoms with van der Waals surface area (Å²) in [6, 6.07) is 1.43. The van der Waals surface area contributed by atoms with Gasteiger partial charge in [-0.2, -0.15) is 4.39 Å². The molecule has 0 unspecified atom stereocenters. The van der Waals surface area contributed by atoms with Gasteiger partial charge in [-0.15, -0.1) is 0 Å². The highest BCUT2D eigenvalue weighted by atomic mass is 127. The van der Waals surface area contributed by atoms with Crippen LogP contribution in [-0.2, 0) is 0 Å². The molecule has 58 valence electrons. The second kappa shape index (κ2) is 3.44. The topological polar surface area (TPSA) is 30.0 Å². The first-order valence-corrected chi connectivity index (χ1v) is 4.07. The third-order valence-electron chi connectivity index (χ3n) is 1.05. The van der Waals surface area contributed by atoms with Crippen LogP contribution >= 0.6 is 34.2 Å². The van der Waals surface area contributed by atoms with Gasteiger partial charge in [-0.25, -0.2) is 4.98 Å². The third kappa shape index (κ3) is 1.87. The minimum atomic E-state index is -0.822. The van der Waals surface area contributed by atoms with E-state index in [1.165, 1.54) is 6.07 Å². The van der Waals surface area contributed by atoms with Crippen LogP contribution in [0.25, 0.3) is 0 Å². The van der Waals surface area contributed by atoms with Gasteiger partial charge in [0.2, 0.25) is 5.95 Å². The molecule has 0 N–H and O–H groups in total. The van der Waals surface area contributed by atoms with Crippen molar-refractivity contribution in [2.45, 2.75) is 0 Å². The predicted molar refractivity (Wildman–Crippen MR) is 47.3 cm³/mol. The number of aromatic nitrogens is 1. The van der Waals surface area contributed by atoms with Gasteiger partial charge in [0.1, 0.15) is 5.15 Å². The van der Waals surface area contributed by atoms with Crippen molar-refractivity contribution < 1.29 is 9.18 Å². The molecule has 5 heteroatoms. The predicted octanol–water partition coefficient (Wildman–Crippen LogP) is 2.29. The SMILES string of the molecule is O=Cc1c(I)cc(Cl)nc1F. The van der Waals surface area contributed by atoms with Crippen molar-refractivity contribution in [2.75, 3.05) is 0 Å². The van der Waals surface area contributed by atoms with E-state index in [9.17, 15) is 9.18 Å². The zero-order chi connectivity index (χ0) is 8.43. The summed E-state index contributed by atoms with van der Waals surface area (Å²) in [6.07, 6.45) is 0.417. The van der Waals surface area contributed by atoms with Crippen molar-refractivity contribution in [3.05, 3.63) is 26.3 Å². The molecule has 0 radical (unpaired) electrons. The Hall–Kier alpha value is -0.230. The van der Waals surface area contributed by atoms with E-state index in [4.69, 9.17) is 11.6 Å². The van der Waals surface area contributed by atoms with Gasteiger partial charge in [0.25, 0.3) is 0 Å². The fraction of sp³-hybridized carbons (Fsp3) is 0. The van der Waals surface area contributed by atoms with Gasteiger partial charge in [-0.05, 0) is 28.7 Å². The molecule has 0 aliphatic heterocycles. The first kappa shape index (κ1) is 8.86. The Kier molecular flexibility index (Phi) is 2.78. The van der Waals surface area contributed by atoms with Gasteiger partial charge >= 0.3 is 0 Å². The van der Waals surface area contributed by atoms with E-state index in [1.54, 1.807) is 0 Å². The number of rotatable bonds is 1. The lowest BCUT2D eigenvalue weighted by Crippen LogP contribution is -1.95. The first-order chi connectivity index (χ1) is 5.15. The van der Waals surface area contributed by atoms with E-state index in [0.29, 0.717) is 9.86 Å². The maximum atomic E-state index is 12.7. The Labute approximate surface area is 80.9 Å². The molecule has 1 heterocycles. The molecular formula is C6H2ClFINO. The Bertz CT molecular complexity index is 282. The molecule has 11 heavy (non-hydrogen) atoms. The van der Waals surface area contributed by atoms with E-state index in [2.05, 4.69) is 4.98 Å². The Morgan fingerprint density at radius 3 is 2.82 bits per heavy atom. The van der Waals surface area contributed by atoms with Crippen LogP contribution in [0, 0.1) is 9.52 Å². The standard InChI is InChI=1S/C6H2ClFINO/c7-5-1-4(9)3(2-11)6(8)10-5/h1-2H.